The number of rotatable bonds is 3. The molecule has 4 rings (SSSR count). The number of halogens is 4. The second-order valence-electron chi connectivity index (χ2n) is 7.77. The summed E-state index contributed by atoms with van der Waals surface area (Å²) in [6.45, 7) is 1.83. The highest BCUT2D eigenvalue weighted by Crippen LogP contribution is 2.39. The third-order valence-corrected chi connectivity index (χ3v) is 5.16. The molecule has 0 saturated carbocycles. The molecule has 7 nitrogen and oxygen atoms in total. The van der Waals surface area contributed by atoms with Gasteiger partial charge in [0.25, 0.3) is 0 Å². The summed E-state index contributed by atoms with van der Waals surface area (Å²) in [6.07, 6.45) is 0.691. The van der Waals surface area contributed by atoms with E-state index in [0.29, 0.717) is 16.8 Å². The number of nitrogens with two attached hydrogens (primary N) is 2. The lowest BCUT2D eigenvalue weighted by Gasteiger charge is -2.47. The number of carbonyl (C=O) groups is 1. The van der Waals surface area contributed by atoms with E-state index < -0.39 is 73.7 Å². The second kappa shape index (κ2) is 6.71. The zero-order chi connectivity index (χ0) is 22.8. The molecule has 1 aliphatic heterocycles. The molecule has 0 bridgehead atoms. The molecule has 3 aromatic rings. The van der Waals surface area contributed by atoms with Gasteiger partial charge in [-0.1, -0.05) is 0 Å². The minimum absolute atomic E-state index is 0.0775. The van der Waals surface area contributed by atoms with Gasteiger partial charge in [0.1, 0.15) is 22.9 Å². The van der Waals surface area contributed by atoms with Crippen molar-refractivity contribution in [2.75, 3.05) is 23.7 Å². The Hall–Kier alpha value is -3.60. The molecule has 0 unspecified atom stereocenters. The van der Waals surface area contributed by atoms with Gasteiger partial charge in [-0.3, -0.25) is 4.79 Å². The molecule has 162 valence electrons. The number of anilines is 2. The van der Waals surface area contributed by atoms with Crippen LogP contribution in [0.2, 0.25) is 0 Å². The van der Waals surface area contributed by atoms with Gasteiger partial charge in [-0.25, -0.2) is 22.4 Å². The van der Waals surface area contributed by atoms with Crippen LogP contribution in [0.1, 0.15) is 17.3 Å². The smallest absolute Gasteiger partial charge is 0.341 e. The molecule has 5 N–H and O–H groups in total. The Bertz CT molecular complexity index is 1330. The Balaban J connectivity index is 2.16. The summed E-state index contributed by atoms with van der Waals surface area (Å²) in [7, 11) is 0. The molecule has 1 fully saturated rings. The lowest BCUT2D eigenvalue weighted by atomic mass is 9.92. The molecule has 1 aromatic heterocycles. The van der Waals surface area contributed by atoms with E-state index in [-0.39, 0.29) is 13.1 Å². The molecule has 0 aliphatic carbocycles. The molecular weight excluding hydrogens is 420 g/mol. The van der Waals surface area contributed by atoms with Crippen molar-refractivity contribution in [2.24, 2.45) is 5.73 Å². The maximum absolute atomic E-state index is 15.6. The van der Waals surface area contributed by atoms with Crippen molar-refractivity contribution in [2.45, 2.75) is 12.5 Å². The van der Waals surface area contributed by atoms with Crippen LogP contribution in [0.3, 0.4) is 0 Å². The average Bonchev–Trinajstić information content (AvgIpc) is 2.64. The lowest BCUT2D eigenvalue weighted by Crippen LogP contribution is -2.66. The molecule has 2 heterocycles. The number of nitrogens with zero attached hydrogens (tertiary/aromatic N) is 2. The van der Waals surface area contributed by atoms with Gasteiger partial charge in [-0.2, -0.15) is 0 Å². The number of nitrogen functional groups attached to an aromatic ring is 1. The van der Waals surface area contributed by atoms with Gasteiger partial charge in [0.2, 0.25) is 5.43 Å². The summed E-state index contributed by atoms with van der Waals surface area (Å²) in [4.78, 5) is 25.5. The lowest BCUT2D eigenvalue weighted by molar-refractivity contribution is 0.0695. The van der Waals surface area contributed by atoms with Crippen LogP contribution in [0.25, 0.3) is 16.6 Å². The maximum Gasteiger partial charge on any atom is 0.341 e. The van der Waals surface area contributed by atoms with E-state index in [2.05, 4.69) is 0 Å². The first kappa shape index (κ1) is 20.7. The van der Waals surface area contributed by atoms with E-state index in [1.807, 2.05) is 0 Å². The number of carboxylic acid groups (broad SMARTS) is 1. The highest BCUT2D eigenvalue weighted by Gasteiger charge is 2.39. The third-order valence-electron chi connectivity index (χ3n) is 5.16. The van der Waals surface area contributed by atoms with Crippen LogP contribution in [-0.2, 0) is 0 Å². The Morgan fingerprint density at radius 2 is 1.81 bits per heavy atom. The summed E-state index contributed by atoms with van der Waals surface area (Å²) < 4.78 is 59.3. The van der Waals surface area contributed by atoms with Crippen LogP contribution in [0.15, 0.2) is 29.2 Å². The maximum atomic E-state index is 15.6. The number of pyridine rings is 1. The summed E-state index contributed by atoms with van der Waals surface area (Å²) in [5.74, 6) is -6.32. The minimum atomic E-state index is -1.71. The van der Waals surface area contributed by atoms with Crippen molar-refractivity contribution in [1.29, 1.82) is 0 Å². The number of benzene rings is 2. The molecular formula is C20H16F4N4O3. The largest absolute Gasteiger partial charge is 0.477 e. The number of hydrogen-bond donors (Lipinski definition) is 3. The highest BCUT2D eigenvalue weighted by atomic mass is 19.1. The summed E-state index contributed by atoms with van der Waals surface area (Å²) in [6, 6.07) is 2.30. The number of hydrogen-bond acceptors (Lipinski definition) is 5. The quantitative estimate of drug-likeness (QED) is 0.429. The van der Waals surface area contributed by atoms with Gasteiger partial charge in [-0.15, -0.1) is 0 Å². The molecule has 0 atom stereocenters. The van der Waals surface area contributed by atoms with E-state index in [0.717, 1.165) is 12.1 Å². The minimum Gasteiger partial charge on any atom is -0.477 e. The zero-order valence-electron chi connectivity index (χ0n) is 16.0. The predicted octanol–water partition coefficient (Wildman–Crippen LogP) is 2.36. The van der Waals surface area contributed by atoms with E-state index in [4.69, 9.17) is 11.5 Å². The van der Waals surface area contributed by atoms with Crippen LogP contribution in [0.4, 0.5) is 28.9 Å². The average molecular weight is 436 g/mol. The van der Waals surface area contributed by atoms with Crippen LogP contribution in [0, 0.1) is 23.3 Å². The summed E-state index contributed by atoms with van der Waals surface area (Å²) in [5.41, 5.74) is 6.39. The first-order valence-electron chi connectivity index (χ1n) is 9.01. The van der Waals surface area contributed by atoms with Crippen molar-refractivity contribution in [1.82, 2.24) is 4.57 Å². The second-order valence-corrected chi connectivity index (χ2v) is 7.77. The highest BCUT2D eigenvalue weighted by molar-refractivity contribution is 6.00. The molecule has 0 radical (unpaired) electrons. The molecule has 2 aromatic carbocycles. The molecule has 0 spiro atoms. The summed E-state index contributed by atoms with van der Waals surface area (Å²) in [5, 5.41) is 8.60. The van der Waals surface area contributed by atoms with Crippen LogP contribution < -0.4 is 21.8 Å². The Labute approximate surface area is 172 Å². The van der Waals surface area contributed by atoms with Crippen molar-refractivity contribution < 1.29 is 27.5 Å². The first-order valence-corrected chi connectivity index (χ1v) is 9.01. The number of aromatic carboxylic acids is 1. The predicted molar refractivity (Wildman–Crippen MR) is 106 cm³/mol. The van der Waals surface area contributed by atoms with E-state index in [1.165, 1.54) is 4.90 Å². The van der Waals surface area contributed by atoms with E-state index >= 15 is 8.78 Å². The van der Waals surface area contributed by atoms with Crippen LogP contribution in [-0.4, -0.2) is 34.3 Å². The van der Waals surface area contributed by atoms with Gasteiger partial charge in [0.15, 0.2) is 11.6 Å². The Kier molecular flexibility index (Phi) is 4.47. The SMILES string of the molecule is CC1(N)CN(c2c(F)c(N)c3c(=O)c(C(=O)O)cn(-c4ccc(F)cc4F)c3c2F)C1. The zero-order valence-corrected chi connectivity index (χ0v) is 16.0. The van der Waals surface area contributed by atoms with Crippen LogP contribution in [0.5, 0.6) is 0 Å². The third kappa shape index (κ3) is 3.08. The van der Waals surface area contributed by atoms with Crippen molar-refractivity contribution in [3.63, 3.8) is 0 Å². The molecule has 0 amide bonds. The van der Waals surface area contributed by atoms with Crippen molar-refractivity contribution in [3.8, 4) is 5.69 Å². The van der Waals surface area contributed by atoms with Gasteiger partial charge < -0.3 is 26.0 Å². The molecule has 1 aliphatic rings. The number of carboxylic acids is 1. The molecule has 11 heteroatoms. The van der Waals surface area contributed by atoms with E-state index in [1.54, 1.807) is 6.92 Å². The van der Waals surface area contributed by atoms with Gasteiger partial charge in [0, 0.05) is 30.9 Å². The van der Waals surface area contributed by atoms with Crippen molar-refractivity contribution >= 4 is 28.2 Å². The topological polar surface area (TPSA) is 115 Å². The van der Waals surface area contributed by atoms with Crippen molar-refractivity contribution in [3.05, 3.63) is 63.5 Å². The Morgan fingerprint density at radius 3 is 2.35 bits per heavy atom. The monoisotopic (exact) mass is 436 g/mol. The summed E-state index contributed by atoms with van der Waals surface area (Å²) >= 11 is 0. The normalized spacial score (nSPS) is 15.2. The fourth-order valence-corrected chi connectivity index (χ4v) is 3.81. The van der Waals surface area contributed by atoms with E-state index in [9.17, 15) is 23.5 Å². The molecule has 31 heavy (non-hydrogen) atoms. The molecule has 1 saturated heterocycles. The van der Waals surface area contributed by atoms with Crippen LogP contribution >= 0.6 is 0 Å². The first-order chi connectivity index (χ1) is 14.4. The number of aromatic nitrogens is 1. The fourth-order valence-electron chi connectivity index (χ4n) is 3.81. The van der Waals surface area contributed by atoms with Gasteiger partial charge >= 0.3 is 5.97 Å². The van der Waals surface area contributed by atoms with Gasteiger partial charge in [0.05, 0.1) is 22.3 Å². The standard InChI is InChI=1S/C20H16F4N4O3/c1-20(26)6-27(7-20)17-13(23)15(25)12-16(14(17)24)28(5-9(18(12)29)19(30)31)11-3-2-8(21)4-10(11)22/h2-5H,6-7,25-26H2,1H3,(H,30,31). The van der Waals surface area contributed by atoms with Gasteiger partial charge in [-0.05, 0) is 19.1 Å². The number of fused-ring (bicyclic) bond motifs is 1. The fraction of sp³-hybridized carbons (Fsp3) is 0.200. The Morgan fingerprint density at radius 1 is 1.16 bits per heavy atom.